The molecule has 158 valence electrons. The van der Waals surface area contributed by atoms with E-state index < -0.39 is 0 Å². The van der Waals surface area contributed by atoms with Crippen LogP contribution in [0.2, 0.25) is 0 Å². The Hall–Kier alpha value is -2.45. The van der Waals surface area contributed by atoms with E-state index in [1.165, 1.54) is 4.57 Å². The Labute approximate surface area is 178 Å². The van der Waals surface area contributed by atoms with Gasteiger partial charge in [-0.1, -0.05) is 6.07 Å². The van der Waals surface area contributed by atoms with Crippen molar-refractivity contribution in [3.05, 3.63) is 55.6 Å². The van der Waals surface area contributed by atoms with Crippen LogP contribution < -0.4 is 10.9 Å². The zero-order valence-corrected chi connectivity index (χ0v) is 17.7. The zero-order chi connectivity index (χ0) is 20.8. The van der Waals surface area contributed by atoms with E-state index in [-0.39, 0.29) is 41.1 Å². The number of thiophene rings is 1. The number of pyridine rings is 1. The van der Waals surface area contributed by atoms with Gasteiger partial charge in [-0.2, -0.15) is 0 Å². The van der Waals surface area contributed by atoms with Gasteiger partial charge >= 0.3 is 0 Å². The van der Waals surface area contributed by atoms with Gasteiger partial charge in [0.25, 0.3) is 11.5 Å². The maximum absolute atomic E-state index is 13.1. The number of ether oxygens (including phenoxy) is 1. The SMILES string of the molecule is Cn1cc2c(c(C(=O)NCc3cccs3)c1=O)CCN(C(=O)[C@@H]1C[C@@H]3CC[C@H]1O3)C2. The molecule has 3 aliphatic heterocycles. The lowest BCUT2D eigenvalue weighted by molar-refractivity contribution is -0.138. The molecular formula is C22H25N3O4S. The Balaban J connectivity index is 1.36. The number of fused-ring (bicyclic) bond motifs is 3. The van der Waals surface area contributed by atoms with Crippen LogP contribution in [0.3, 0.4) is 0 Å². The van der Waals surface area contributed by atoms with Gasteiger partial charge in [0.05, 0.1) is 24.7 Å². The molecule has 2 bridgehead atoms. The van der Waals surface area contributed by atoms with Crippen molar-refractivity contribution >= 4 is 23.2 Å². The van der Waals surface area contributed by atoms with Gasteiger partial charge in [0.2, 0.25) is 5.91 Å². The summed E-state index contributed by atoms with van der Waals surface area (Å²) in [5.74, 6) is -0.251. The third kappa shape index (κ3) is 3.37. The van der Waals surface area contributed by atoms with Crippen LogP contribution in [-0.2, 0) is 36.1 Å². The number of aryl methyl sites for hydroxylation is 1. The highest BCUT2D eigenvalue weighted by Crippen LogP contribution is 2.40. The second-order valence-corrected chi connectivity index (χ2v) is 9.44. The van der Waals surface area contributed by atoms with Gasteiger partial charge in [-0.05, 0) is 48.3 Å². The zero-order valence-electron chi connectivity index (χ0n) is 16.9. The molecule has 2 fully saturated rings. The van der Waals surface area contributed by atoms with Crippen LogP contribution in [0.1, 0.15) is 45.6 Å². The highest BCUT2D eigenvalue weighted by molar-refractivity contribution is 7.09. The fourth-order valence-electron chi connectivity index (χ4n) is 5.01. The van der Waals surface area contributed by atoms with E-state index in [4.69, 9.17) is 4.74 Å². The second kappa shape index (κ2) is 7.67. The van der Waals surface area contributed by atoms with Crippen molar-refractivity contribution in [1.82, 2.24) is 14.8 Å². The van der Waals surface area contributed by atoms with Gasteiger partial charge in [-0.25, -0.2) is 0 Å². The first-order valence-corrected chi connectivity index (χ1v) is 11.4. The van der Waals surface area contributed by atoms with Crippen molar-refractivity contribution in [3.63, 3.8) is 0 Å². The first-order valence-electron chi connectivity index (χ1n) is 10.5. The number of hydrogen-bond donors (Lipinski definition) is 1. The molecule has 0 saturated carbocycles. The Bertz CT molecular complexity index is 1050. The summed E-state index contributed by atoms with van der Waals surface area (Å²) in [6.07, 6.45) is 5.42. The fourth-order valence-corrected chi connectivity index (χ4v) is 5.66. The van der Waals surface area contributed by atoms with E-state index in [9.17, 15) is 14.4 Å². The van der Waals surface area contributed by atoms with Crippen LogP contribution in [0, 0.1) is 5.92 Å². The maximum atomic E-state index is 13.1. The minimum absolute atomic E-state index is 0.0496. The van der Waals surface area contributed by atoms with Gasteiger partial charge in [0.15, 0.2) is 0 Å². The van der Waals surface area contributed by atoms with Crippen LogP contribution in [0.15, 0.2) is 28.5 Å². The number of carbonyl (C=O) groups is 2. The number of nitrogens with one attached hydrogen (secondary N) is 1. The first kappa shape index (κ1) is 19.5. The number of aromatic nitrogens is 1. The predicted octanol–water partition coefficient (Wildman–Crippen LogP) is 1.83. The number of rotatable bonds is 4. The summed E-state index contributed by atoms with van der Waals surface area (Å²) >= 11 is 1.56. The molecule has 1 N–H and O–H groups in total. The largest absolute Gasteiger partial charge is 0.374 e. The highest BCUT2D eigenvalue weighted by atomic mass is 32.1. The second-order valence-electron chi connectivity index (χ2n) is 8.41. The molecule has 8 heteroatoms. The van der Waals surface area contributed by atoms with E-state index in [0.717, 1.165) is 35.3 Å². The molecule has 5 heterocycles. The summed E-state index contributed by atoms with van der Waals surface area (Å²) in [5, 5.41) is 4.83. The van der Waals surface area contributed by atoms with Crippen LogP contribution in [0.5, 0.6) is 0 Å². The van der Waals surface area contributed by atoms with Gasteiger partial charge < -0.3 is 19.5 Å². The molecule has 3 aliphatic rings. The van der Waals surface area contributed by atoms with Crippen LogP contribution in [0.4, 0.5) is 0 Å². The van der Waals surface area contributed by atoms with E-state index in [2.05, 4.69) is 5.32 Å². The third-order valence-corrected chi connectivity index (χ3v) is 7.41. The molecule has 0 aliphatic carbocycles. The van der Waals surface area contributed by atoms with Crippen molar-refractivity contribution in [2.24, 2.45) is 13.0 Å². The van der Waals surface area contributed by atoms with Crippen molar-refractivity contribution in [3.8, 4) is 0 Å². The quantitative estimate of drug-likeness (QED) is 0.807. The first-order chi connectivity index (χ1) is 14.5. The minimum atomic E-state index is -0.345. The van der Waals surface area contributed by atoms with Gasteiger partial charge in [-0.3, -0.25) is 14.4 Å². The third-order valence-electron chi connectivity index (χ3n) is 6.53. The molecule has 3 atom stereocenters. The standard InChI is InChI=1S/C22H25N3O4S/c1-24-11-13-12-25(21(27)17-9-14-4-5-18(17)29-14)7-6-16(13)19(22(24)28)20(26)23-10-15-3-2-8-30-15/h2-3,8,11,14,17-18H,4-7,9-10,12H2,1H3,(H,23,26)/t14-,17+,18+/m0/s1. The Morgan fingerprint density at radius 1 is 1.33 bits per heavy atom. The fraction of sp³-hybridized carbons (Fsp3) is 0.500. The lowest BCUT2D eigenvalue weighted by atomic mass is 9.87. The predicted molar refractivity (Wildman–Crippen MR) is 112 cm³/mol. The molecule has 2 amide bonds. The topological polar surface area (TPSA) is 80.6 Å². The van der Waals surface area contributed by atoms with E-state index in [1.54, 1.807) is 24.6 Å². The maximum Gasteiger partial charge on any atom is 0.263 e. The summed E-state index contributed by atoms with van der Waals surface area (Å²) < 4.78 is 7.32. The minimum Gasteiger partial charge on any atom is -0.374 e. The number of amides is 2. The molecule has 0 radical (unpaired) electrons. The Morgan fingerprint density at radius 3 is 2.90 bits per heavy atom. The lowest BCUT2D eigenvalue weighted by Crippen LogP contribution is -2.44. The molecule has 5 rings (SSSR count). The van der Waals surface area contributed by atoms with Crippen LogP contribution >= 0.6 is 11.3 Å². The van der Waals surface area contributed by atoms with Crippen molar-refractivity contribution in [2.45, 2.75) is 51.0 Å². The molecule has 2 saturated heterocycles. The van der Waals surface area contributed by atoms with Gasteiger partial charge in [-0.15, -0.1) is 11.3 Å². The summed E-state index contributed by atoms with van der Waals surface area (Å²) in [7, 11) is 1.66. The molecule has 0 spiro atoms. The van der Waals surface area contributed by atoms with Crippen LogP contribution in [-0.4, -0.2) is 40.0 Å². The molecular weight excluding hydrogens is 402 g/mol. The molecule has 30 heavy (non-hydrogen) atoms. The van der Waals surface area contributed by atoms with Gasteiger partial charge in [0.1, 0.15) is 5.56 Å². The Morgan fingerprint density at radius 2 is 2.20 bits per heavy atom. The van der Waals surface area contributed by atoms with Gasteiger partial charge in [0, 0.05) is 31.2 Å². The van der Waals surface area contributed by atoms with Crippen molar-refractivity contribution < 1.29 is 14.3 Å². The average Bonchev–Trinajstić information content (AvgIpc) is 3.50. The summed E-state index contributed by atoms with van der Waals surface area (Å²) in [4.78, 5) is 41.7. The summed E-state index contributed by atoms with van der Waals surface area (Å²) in [6.45, 7) is 1.36. The molecule has 0 unspecified atom stereocenters. The number of carbonyl (C=O) groups excluding carboxylic acids is 2. The van der Waals surface area contributed by atoms with Crippen LogP contribution in [0.25, 0.3) is 0 Å². The van der Waals surface area contributed by atoms with E-state index >= 15 is 0 Å². The lowest BCUT2D eigenvalue weighted by Gasteiger charge is -2.33. The molecule has 2 aromatic rings. The monoisotopic (exact) mass is 427 g/mol. The number of hydrogen-bond acceptors (Lipinski definition) is 5. The van der Waals surface area contributed by atoms with E-state index in [1.807, 2.05) is 22.4 Å². The summed E-state index contributed by atoms with van der Waals surface area (Å²) in [6, 6.07) is 3.88. The van der Waals surface area contributed by atoms with Crippen molar-refractivity contribution in [2.75, 3.05) is 6.54 Å². The Kier molecular flexibility index (Phi) is 4.99. The smallest absolute Gasteiger partial charge is 0.263 e. The number of nitrogens with zero attached hydrogens (tertiary/aromatic N) is 2. The highest BCUT2D eigenvalue weighted by Gasteiger charge is 2.46. The van der Waals surface area contributed by atoms with Crippen molar-refractivity contribution in [1.29, 1.82) is 0 Å². The summed E-state index contributed by atoms with van der Waals surface area (Å²) in [5.41, 5.74) is 1.57. The molecule has 2 aromatic heterocycles. The molecule has 7 nitrogen and oxygen atoms in total. The normalized spacial score (nSPS) is 24.7. The molecule has 0 aromatic carbocycles. The van der Waals surface area contributed by atoms with E-state index in [0.29, 0.717) is 26.1 Å². The average molecular weight is 428 g/mol.